The highest BCUT2D eigenvalue weighted by Crippen LogP contribution is 2.27. The lowest BCUT2D eigenvalue weighted by atomic mass is 9.93. The van der Waals surface area contributed by atoms with Crippen LogP contribution in [0.15, 0.2) is 53.4 Å². The number of Topliss-reactive ketones (excluding diaryl/α,β-unsaturated/α-hetero) is 1. The molecule has 1 amide bonds. The van der Waals surface area contributed by atoms with Gasteiger partial charge in [-0.25, -0.2) is 8.42 Å². The number of carbonyl (C=O) groups is 2. The maximum Gasteiger partial charge on any atom is 0.269 e. The summed E-state index contributed by atoms with van der Waals surface area (Å²) in [5, 5.41) is 12.3. The second-order valence-electron chi connectivity index (χ2n) is 6.73. The van der Waals surface area contributed by atoms with E-state index in [4.69, 9.17) is 11.6 Å². The van der Waals surface area contributed by atoms with Gasteiger partial charge < -0.3 is 5.32 Å². The predicted octanol–water partition coefficient (Wildman–Crippen LogP) is 2.34. The summed E-state index contributed by atoms with van der Waals surface area (Å²) in [6.45, 7) is 0.0243. The van der Waals surface area contributed by atoms with Gasteiger partial charge in [0.25, 0.3) is 5.69 Å². The van der Waals surface area contributed by atoms with E-state index in [0.29, 0.717) is 5.02 Å². The Morgan fingerprint density at radius 2 is 1.83 bits per heavy atom. The van der Waals surface area contributed by atoms with Crippen LogP contribution < -0.4 is 5.32 Å². The molecule has 29 heavy (non-hydrogen) atoms. The molecule has 0 aliphatic carbocycles. The van der Waals surface area contributed by atoms with Crippen molar-refractivity contribution in [2.75, 3.05) is 6.54 Å². The van der Waals surface area contributed by atoms with E-state index in [1.165, 1.54) is 0 Å². The van der Waals surface area contributed by atoms with Gasteiger partial charge in [0.05, 0.1) is 16.2 Å². The molecule has 2 unspecified atom stereocenters. The molecule has 1 aliphatic rings. The van der Waals surface area contributed by atoms with Crippen LogP contribution in [0, 0.1) is 16.0 Å². The number of nitro groups is 1. The number of nitro benzene ring substituents is 1. The van der Waals surface area contributed by atoms with Gasteiger partial charge in [0.1, 0.15) is 5.25 Å². The van der Waals surface area contributed by atoms with Crippen LogP contribution >= 0.6 is 11.6 Å². The van der Waals surface area contributed by atoms with Gasteiger partial charge in [-0.05, 0) is 36.2 Å². The predicted molar refractivity (Wildman–Crippen MR) is 105 cm³/mol. The molecule has 152 valence electrons. The molecular formula is C19H17ClN2O6S. The number of nitrogens with zero attached hydrogens (tertiary/aromatic N) is 1. The molecule has 1 saturated heterocycles. The Labute approximate surface area is 171 Å². The number of amides is 1. The number of non-ortho nitro benzene ring substituents is 1. The fourth-order valence-corrected chi connectivity index (χ4v) is 5.17. The molecule has 2 aromatic rings. The number of hydrogen-bond acceptors (Lipinski definition) is 6. The molecule has 3 rings (SSSR count). The first-order valence-corrected chi connectivity index (χ1v) is 10.6. The number of carbonyl (C=O) groups excluding carboxylic acids is 2. The first kappa shape index (κ1) is 20.9. The van der Waals surface area contributed by atoms with Crippen molar-refractivity contribution >= 4 is 38.8 Å². The van der Waals surface area contributed by atoms with E-state index in [9.17, 15) is 28.1 Å². The Hall–Kier alpha value is -2.78. The number of halogens is 1. The molecular weight excluding hydrogens is 420 g/mol. The zero-order valence-electron chi connectivity index (χ0n) is 15.1. The molecule has 10 heteroatoms. The van der Waals surface area contributed by atoms with Gasteiger partial charge in [0, 0.05) is 29.6 Å². The van der Waals surface area contributed by atoms with Crippen LogP contribution in [-0.2, 0) is 25.8 Å². The highest BCUT2D eigenvalue weighted by molar-refractivity contribution is 7.92. The van der Waals surface area contributed by atoms with Crippen LogP contribution in [0.4, 0.5) is 5.69 Å². The van der Waals surface area contributed by atoms with E-state index in [1.54, 1.807) is 24.3 Å². The van der Waals surface area contributed by atoms with Crippen molar-refractivity contribution in [1.29, 1.82) is 0 Å². The standard InChI is InChI=1S/C19H17ClN2O6S/c20-14-3-1-2-12(9-14)8-13-11-21-18(23)10-17(19(13)24)29(27,28)16-6-4-15(5-7-16)22(25)26/h1-7,9,13,17H,8,10-11H2,(H,21,23). The van der Waals surface area contributed by atoms with Gasteiger partial charge in [-0.3, -0.25) is 19.7 Å². The van der Waals surface area contributed by atoms with Crippen molar-refractivity contribution in [2.24, 2.45) is 5.92 Å². The van der Waals surface area contributed by atoms with Crippen LogP contribution in [0.3, 0.4) is 0 Å². The average molecular weight is 437 g/mol. The molecule has 1 N–H and O–H groups in total. The molecule has 1 aliphatic heterocycles. The van der Waals surface area contributed by atoms with Crippen LogP contribution in [0.25, 0.3) is 0 Å². The normalized spacial score (nSPS) is 20.0. The third-order valence-electron chi connectivity index (χ3n) is 4.76. The van der Waals surface area contributed by atoms with Crippen molar-refractivity contribution in [2.45, 2.75) is 23.0 Å². The fraction of sp³-hybridized carbons (Fsp3) is 0.263. The van der Waals surface area contributed by atoms with E-state index in [-0.39, 0.29) is 23.5 Å². The van der Waals surface area contributed by atoms with Crippen LogP contribution in [0.2, 0.25) is 5.02 Å². The van der Waals surface area contributed by atoms with Crippen molar-refractivity contribution in [3.63, 3.8) is 0 Å². The Bertz CT molecular complexity index is 1070. The maximum atomic E-state index is 13.1. The van der Waals surface area contributed by atoms with Gasteiger partial charge in [0.2, 0.25) is 5.91 Å². The highest BCUT2D eigenvalue weighted by Gasteiger charge is 2.41. The van der Waals surface area contributed by atoms with Gasteiger partial charge >= 0.3 is 0 Å². The van der Waals surface area contributed by atoms with E-state index < -0.39 is 44.0 Å². The topological polar surface area (TPSA) is 123 Å². The third kappa shape index (κ3) is 4.63. The van der Waals surface area contributed by atoms with E-state index in [1.807, 2.05) is 0 Å². The monoisotopic (exact) mass is 436 g/mol. The van der Waals surface area contributed by atoms with Crippen molar-refractivity contribution in [3.8, 4) is 0 Å². The van der Waals surface area contributed by atoms with Crippen LogP contribution in [0.1, 0.15) is 12.0 Å². The summed E-state index contributed by atoms with van der Waals surface area (Å²) < 4.78 is 26.1. The molecule has 0 saturated carbocycles. The average Bonchev–Trinajstić information content (AvgIpc) is 2.82. The number of sulfone groups is 1. The first-order valence-electron chi connectivity index (χ1n) is 8.71. The molecule has 2 aromatic carbocycles. The fourth-order valence-electron chi connectivity index (χ4n) is 3.25. The largest absolute Gasteiger partial charge is 0.355 e. The van der Waals surface area contributed by atoms with Crippen LogP contribution in [0.5, 0.6) is 0 Å². The Morgan fingerprint density at radius 1 is 1.14 bits per heavy atom. The number of benzene rings is 2. The zero-order valence-corrected chi connectivity index (χ0v) is 16.7. The lowest BCUT2D eigenvalue weighted by Crippen LogP contribution is -2.36. The minimum absolute atomic E-state index is 0.0243. The maximum absolute atomic E-state index is 13.1. The molecule has 0 bridgehead atoms. The summed E-state index contributed by atoms with van der Waals surface area (Å²) in [5.41, 5.74) is 0.478. The van der Waals surface area contributed by atoms with Gasteiger partial charge in [-0.2, -0.15) is 0 Å². The number of rotatable bonds is 5. The molecule has 1 heterocycles. The number of hydrogen-bond donors (Lipinski definition) is 1. The molecule has 2 atom stereocenters. The first-order chi connectivity index (χ1) is 13.7. The van der Waals surface area contributed by atoms with E-state index >= 15 is 0 Å². The lowest BCUT2D eigenvalue weighted by Gasteiger charge is -2.18. The number of ketones is 1. The summed E-state index contributed by atoms with van der Waals surface area (Å²) in [7, 11) is -4.20. The SMILES string of the molecule is O=C1CC(S(=O)(=O)c2ccc([N+](=O)[O-])cc2)C(=O)C(Cc2cccc(Cl)c2)CN1. The van der Waals surface area contributed by atoms with E-state index in [2.05, 4.69) is 5.32 Å². The third-order valence-corrected chi connectivity index (χ3v) is 7.07. The van der Waals surface area contributed by atoms with E-state index in [0.717, 1.165) is 29.8 Å². The summed E-state index contributed by atoms with van der Waals surface area (Å²) in [6.07, 6.45) is -0.268. The summed E-state index contributed by atoms with van der Waals surface area (Å²) in [5.74, 6) is -1.85. The Morgan fingerprint density at radius 3 is 2.45 bits per heavy atom. The highest BCUT2D eigenvalue weighted by atomic mass is 35.5. The molecule has 0 radical (unpaired) electrons. The zero-order chi connectivity index (χ0) is 21.2. The number of nitrogens with one attached hydrogen (secondary N) is 1. The molecule has 8 nitrogen and oxygen atoms in total. The van der Waals surface area contributed by atoms with Crippen molar-refractivity contribution in [1.82, 2.24) is 5.32 Å². The van der Waals surface area contributed by atoms with Crippen LogP contribution in [-0.4, -0.2) is 36.8 Å². The van der Waals surface area contributed by atoms with Gasteiger partial charge in [0.15, 0.2) is 15.6 Å². The summed E-state index contributed by atoms with van der Waals surface area (Å²) >= 11 is 5.97. The Kier molecular flexibility index (Phi) is 5.99. The molecule has 0 spiro atoms. The lowest BCUT2D eigenvalue weighted by molar-refractivity contribution is -0.384. The van der Waals surface area contributed by atoms with Crippen molar-refractivity contribution < 1.29 is 22.9 Å². The second kappa shape index (κ2) is 8.30. The Balaban J connectivity index is 1.92. The quantitative estimate of drug-likeness (QED) is 0.566. The van der Waals surface area contributed by atoms with Gasteiger partial charge in [-0.1, -0.05) is 23.7 Å². The van der Waals surface area contributed by atoms with Gasteiger partial charge in [-0.15, -0.1) is 0 Å². The molecule has 1 fully saturated rings. The minimum atomic E-state index is -4.20. The minimum Gasteiger partial charge on any atom is -0.355 e. The van der Waals surface area contributed by atoms with Crippen molar-refractivity contribution in [3.05, 3.63) is 69.2 Å². The summed E-state index contributed by atoms with van der Waals surface area (Å²) in [4.78, 5) is 35.0. The molecule has 0 aromatic heterocycles. The smallest absolute Gasteiger partial charge is 0.269 e. The second-order valence-corrected chi connectivity index (χ2v) is 9.29. The summed E-state index contributed by atoms with van der Waals surface area (Å²) in [6, 6.07) is 11.1.